The number of para-hydroxylation sites is 1. The maximum atomic E-state index is 9.45. The maximum Gasteiger partial charge on any atom is 0.123 e. The summed E-state index contributed by atoms with van der Waals surface area (Å²) in [5, 5.41) is 9.45. The highest BCUT2D eigenvalue weighted by Crippen LogP contribution is 2.31. The largest absolute Gasteiger partial charge is 0.494 e. The lowest BCUT2D eigenvalue weighted by molar-refractivity contribution is 0.0510. The third-order valence-corrected chi connectivity index (χ3v) is 5.01. The molecule has 0 bridgehead atoms. The number of piperazine rings is 1. The molecular weight excluding hydrogens is 288 g/mol. The van der Waals surface area contributed by atoms with Crippen LogP contribution in [0.25, 0.3) is 0 Å². The Kier molecular flexibility index (Phi) is 5.92. The number of ether oxygens (including phenoxy) is 1. The van der Waals surface area contributed by atoms with E-state index in [0.29, 0.717) is 12.6 Å². The van der Waals surface area contributed by atoms with Crippen LogP contribution in [0.4, 0.5) is 0 Å². The third-order valence-electron chi connectivity index (χ3n) is 5.01. The van der Waals surface area contributed by atoms with E-state index < -0.39 is 0 Å². The first kappa shape index (κ1) is 16.7. The van der Waals surface area contributed by atoms with Gasteiger partial charge in [-0.25, -0.2) is 0 Å². The lowest BCUT2D eigenvalue weighted by Gasteiger charge is -2.41. The molecule has 128 valence electrons. The quantitative estimate of drug-likeness (QED) is 0.798. The second-order valence-corrected chi connectivity index (χ2v) is 6.88. The van der Waals surface area contributed by atoms with E-state index in [2.05, 4.69) is 28.0 Å². The van der Waals surface area contributed by atoms with Gasteiger partial charge in [0, 0.05) is 50.9 Å². The van der Waals surface area contributed by atoms with Crippen molar-refractivity contribution in [2.24, 2.45) is 5.92 Å². The van der Waals surface area contributed by atoms with Crippen molar-refractivity contribution in [3.05, 3.63) is 29.8 Å². The van der Waals surface area contributed by atoms with Crippen molar-refractivity contribution in [2.45, 2.75) is 38.8 Å². The first-order valence-corrected chi connectivity index (χ1v) is 9.08. The minimum Gasteiger partial charge on any atom is -0.494 e. The highest BCUT2D eigenvalue weighted by Gasteiger charge is 2.31. The van der Waals surface area contributed by atoms with Gasteiger partial charge in [-0.05, 0) is 38.2 Å². The highest BCUT2D eigenvalue weighted by atomic mass is 16.5. The molecule has 1 aliphatic carbocycles. The van der Waals surface area contributed by atoms with E-state index in [0.717, 1.165) is 44.3 Å². The maximum absolute atomic E-state index is 9.45. The Morgan fingerprint density at radius 1 is 1.22 bits per heavy atom. The van der Waals surface area contributed by atoms with Crippen LogP contribution in [-0.2, 0) is 6.54 Å². The van der Waals surface area contributed by atoms with Crippen molar-refractivity contribution < 1.29 is 9.84 Å². The van der Waals surface area contributed by atoms with Gasteiger partial charge in [-0.15, -0.1) is 0 Å². The zero-order valence-electron chi connectivity index (χ0n) is 14.3. The molecule has 1 aromatic rings. The molecule has 2 aliphatic rings. The lowest BCUT2D eigenvalue weighted by Crippen LogP contribution is -2.53. The zero-order valence-corrected chi connectivity index (χ0v) is 14.3. The van der Waals surface area contributed by atoms with E-state index in [4.69, 9.17) is 4.74 Å². The van der Waals surface area contributed by atoms with Crippen LogP contribution in [-0.4, -0.2) is 60.3 Å². The number of nitrogens with zero attached hydrogens (tertiary/aromatic N) is 2. The normalized spacial score (nSPS) is 23.1. The molecule has 4 heteroatoms. The lowest BCUT2D eigenvalue weighted by atomic mass is 10.1. The molecule has 1 atom stereocenters. The molecule has 1 aromatic carbocycles. The first-order chi connectivity index (χ1) is 11.3. The number of hydrogen-bond acceptors (Lipinski definition) is 4. The standard InChI is InChI=1S/C19H30N2O2/c1-2-23-19-6-4-3-5-17(19)14-21-11-10-20(13-16-7-8-16)15-18(21)9-12-22/h3-6,16,18,22H,2,7-15H2,1H3/t18-/m0/s1. The molecule has 23 heavy (non-hydrogen) atoms. The van der Waals surface area contributed by atoms with Crippen LogP contribution in [0.5, 0.6) is 5.75 Å². The molecule has 0 spiro atoms. The molecule has 3 rings (SSSR count). The van der Waals surface area contributed by atoms with E-state index in [-0.39, 0.29) is 6.61 Å². The number of hydrogen-bond donors (Lipinski definition) is 1. The summed E-state index contributed by atoms with van der Waals surface area (Å²) in [4.78, 5) is 5.13. The summed E-state index contributed by atoms with van der Waals surface area (Å²) in [5.41, 5.74) is 1.26. The van der Waals surface area contributed by atoms with Crippen molar-refractivity contribution in [1.29, 1.82) is 0 Å². The van der Waals surface area contributed by atoms with Crippen LogP contribution >= 0.6 is 0 Å². The Bertz CT molecular complexity index is 490. The molecule has 1 saturated carbocycles. The van der Waals surface area contributed by atoms with Gasteiger partial charge in [-0.1, -0.05) is 18.2 Å². The molecule has 1 saturated heterocycles. The highest BCUT2D eigenvalue weighted by molar-refractivity contribution is 5.33. The van der Waals surface area contributed by atoms with Gasteiger partial charge < -0.3 is 14.7 Å². The summed E-state index contributed by atoms with van der Waals surface area (Å²) in [6.07, 6.45) is 3.68. The minimum atomic E-state index is 0.269. The second-order valence-electron chi connectivity index (χ2n) is 6.88. The summed E-state index contributed by atoms with van der Waals surface area (Å²) in [5.74, 6) is 1.94. The fourth-order valence-electron chi connectivity index (χ4n) is 3.57. The molecule has 0 aromatic heterocycles. The van der Waals surface area contributed by atoms with Gasteiger partial charge in [0.1, 0.15) is 5.75 Å². The number of aliphatic hydroxyl groups is 1. The first-order valence-electron chi connectivity index (χ1n) is 9.08. The van der Waals surface area contributed by atoms with Gasteiger partial charge >= 0.3 is 0 Å². The number of benzene rings is 1. The predicted octanol–water partition coefficient (Wildman–Crippen LogP) is 2.36. The molecule has 1 N–H and O–H groups in total. The summed E-state index contributed by atoms with van der Waals surface area (Å²) in [6.45, 7) is 8.49. The zero-order chi connectivity index (χ0) is 16.1. The van der Waals surface area contributed by atoms with Gasteiger partial charge in [0.15, 0.2) is 0 Å². The van der Waals surface area contributed by atoms with Gasteiger partial charge in [0.05, 0.1) is 6.61 Å². The van der Waals surface area contributed by atoms with Crippen molar-refractivity contribution in [1.82, 2.24) is 9.80 Å². The Morgan fingerprint density at radius 3 is 2.78 bits per heavy atom. The van der Waals surface area contributed by atoms with Crippen molar-refractivity contribution in [3.63, 3.8) is 0 Å². The van der Waals surface area contributed by atoms with Crippen LogP contribution in [0.15, 0.2) is 24.3 Å². The van der Waals surface area contributed by atoms with E-state index in [9.17, 15) is 5.11 Å². The molecule has 4 nitrogen and oxygen atoms in total. The van der Waals surface area contributed by atoms with Crippen LogP contribution < -0.4 is 4.74 Å². The Morgan fingerprint density at radius 2 is 2.04 bits per heavy atom. The van der Waals surface area contributed by atoms with Gasteiger partial charge in [-0.2, -0.15) is 0 Å². The van der Waals surface area contributed by atoms with Crippen LogP contribution in [0.2, 0.25) is 0 Å². The summed E-state index contributed by atoms with van der Waals surface area (Å²) < 4.78 is 5.77. The SMILES string of the molecule is CCOc1ccccc1CN1CCN(CC2CC2)C[C@@H]1CCO. The topological polar surface area (TPSA) is 35.9 Å². The molecule has 1 heterocycles. The fraction of sp³-hybridized carbons (Fsp3) is 0.684. The smallest absolute Gasteiger partial charge is 0.123 e. The van der Waals surface area contributed by atoms with Crippen molar-refractivity contribution in [3.8, 4) is 5.75 Å². The van der Waals surface area contributed by atoms with Gasteiger partial charge in [0.2, 0.25) is 0 Å². The van der Waals surface area contributed by atoms with Crippen molar-refractivity contribution in [2.75, 3.05) is 39.4 Å². The van der Waals surface area contributed by atoms with Crippen molar-refractivity contribution >= 4 is 0 Å². The molecule has 0 amide bonds. The monoisotopic (exact) mass is 318 g/mol. The second kappa shape index (κ2) is 8.13. The minimum absolute atomic E-state index is 0.269. The van der Waals surface area contributed by atoms with Crippen LogP contribution in [0, 0.1) is 5.92 Å². The number of rotatable bonds is 8. The summed E-state index contributed by atoms with van der Waals surface area (Å²) in [7, 11) is 0. The van der Waals surface area contributed by atoms with E-state index in [1.165, 1.54) is 24.9 Å². The molecule has 0 radical (unpaired) electrons. The average molecular weight is 318 g/mol. The molecular formula is C19H30N2O2. The van der Waals surface area contributed by atoms with Gasteiger partial charge in [0.25, 0.3) is 0 Å². The fourth-order valence-corrected chi connectivity index (χ4v) is 3.57. The average Bonchev–Trinajstić information content (AvgIpc) is 3.36. The third kappa shape index (κ3) is 4.69. The van der Waals surface area contributed by atoms with E-state index in [1.807, 2.05) is 13.0 Å². The predicted molar refractivity (Wildman–Crippen MR) is 92.7 cm³/mol. The number of aliphatic hydroxyl groups excluding tert-OH is 1. The summed E-state index contributed by atoms with van der Waals surface area (Å²) in [6, 6.07) is 8.79. The molecule has 2 fully saturated rings. The Labute approximate surface area is 140 Å². The van der Waals surface area contributed by atoms with E-state index in [1.54, 1.807) is 0 Å². The van der Waals surface area contributed by atoms with E-state index >= 15 is 0 Å². The van der Waals surface area contributed by atoms with Gasteiger partial charge in [-0.3, -0.25) is 4.90 Å². The Balaban J connectivity index is 1.63. The van der Waals surface area contributed by atoms with Crippen LogP contribution in [0.3, 0.4) is 0 Å². The van der Waals surface area contributed by atoms with Crippen LogP contribution in [0.1, 0.15) is 31.7 Å². The Hall–Kier alpha value is -1.10. The molecule has 1 aliphatic heterocycles. The molecule has 0 unspecified atom stereocenters. The summed E-state index contributed by atoms with van der Waals surface area (Å²) >= 11 is 0.